The van der Waals surface area contributed by atoms with Crippen molar-refractivity contribution in [1.82, 2.24) is 10.2 Å². The summed E-state index contributed by atoms with van der Waals surface area (Å²) in [6.07, 6.45) is 1.39. The van der Waals surface area contributed by atoms with Crippen molar-refractivity contribution in [1.29, 1.82) is 0 Å². The van der Waals surface area contributed by atoms with Gasteiger partial charge in [0.2, 0.25) is 5.91 Å². The van der Waals surface area contributed by atoms with E-state index in [0.717, 1.165) is 25.2 Å². The van der Waals surface area contributed by atoms with Gasteiger partial charge >= 0.3 is 5.97 Å². The van der Waals surface area contributed by atoms with Gasteiger partial charge in [0, 0.05) is 31.7 Å². The zero-order valence-electron chi connectivity index (χ0n) is 12.0. The van der Waals surface area contributed by atoms with Gasteiger partial charge in [0.15, 0.2) is 0 Å². The number of carbonyl (C=O) groups excluding carboxylic acids is 1. The summed E-state index contributed by atoms with van der Waals surface area (Å²) >= 11 is 0. The fourth-order valence-electron chi connectivity index (χ4n) is 2.56. The molecule has 0 saturated carbocycles. The lowest BCUT2D eigenvalue weighted by Crippen LogP contribution is -2.40. The Kier molecular flexibility index (Phi) is 5.16. The molecule has 1 aliphatic heterocycles. The minimum absolute atomic E-state index is 0.0623. The van der Waals surface area contributed by atoms with Crippen LogP contribution in [0.15, 0.2) is 18.2 Å². The first-order valence-corrected chi connectivity index (χ1v) is 7.13. The number of nitrogens with zero attached hydrogens (tertiary/aromatic N) is 1. The highest BCUT2D eigenvalue weighted by atomic mass is 16.4. The molecule has 6 heteroatoms. The predicted molar refractivity (Wildman–Crippen MR) is 79.7 cm³/mol. The van der Waals surface area contributed by atoms with Crippen molar-refractivity contribution < 1.29 is 14.7 Å². The molecule has 0 radical (unpaired) electrons. The first-order chi connectivity index (χ1) is 10.1. The van der Waals surface area contributed by atoms with Crippen LogP contribution in [-0.2, 0) is 22.6 Å². The minimum atomic E-state index is -0.838. The van der Waals surface area contributed by atoms with E-state index in [4.69, 9.17) is 10.8 Å². The largest absolute Gasteiger partial charge is 0.481 e. The van der Waals surface area contributed by atoms with Crippen LogP contribution in [0.25, 0.3) is 0 Å². The summed E-state index contributed by atoms with van der Waals surface area (Å²) in [7, 11) is 0. The monoisotopic (exact) mass is 291 g/mol. The smallest absolute Gasteiger partial charge is 0.303 e. The van der Waals surface area contributed by atoms with Gasteiger partial charge in [-0.2, -0.15) is 0 Å². The van der Waals surface area contributed by atoms with Crippen LogP contribution in [0.1, 0.15) is 24.0 Å². The van der Waals surface area contributed by atoms with Crippen LogP contribution >= 0.6 is 0 Å². The Labute approximate surface area is 123 Å². The second kappa shape index (κ2) is 7.08. The second-order valence-corrected chi connectivity index (χ2v) is 5.29. The molecule has 114 valence electrons. The number of nitrogens with two attached hydrogens (primary N) is 1. The molecule has 0 fully saturated rings. The Hall–Kier alpha value is -2.08. The van der Waals surface area contributed by atoms with Crippen molar-refractivity contribution >= 4 is 17.6 Å². The molecule has 0 aromatic heterocycles. The summed E-state index contributed by atoms with van der Waals surface area (Å²) in [5.74, 6) is -0.901. The van der Waals surface area contributed by atoms with Gasteiger partial charge in [-0.05, 0) is 30.0 Å². The van der Waals surface area contributed by atoms with Gasteiger partial charge < -0.3 is 16.2 Å². The number of nitrogen functional groups attached to an aromatic ring is 1. The van der Waals surface area contributed by atoms with E-state index in [1.54, 1.807) is 0 Å². The van der Waals surface area contributed by atoms with Crippen molar-refractivity contribution in [3.05, 3.63) is 29.3 Å². The number of carbonyl (C=O) groups is 2. The lowest BCUT2D eigenvalue weighted by atomic mass is 9.98. The zero-order valence-corrected chi connectivity index (χ0v) is 12.0. The highest BCUT2D eigenvalue weighted by Gasteiger charge is 2.19. The molecule has 1 aromatic carbocycles. The Morgan fingerprint density at radius 3 is 2.95 bits per heavy atom. The van der Waals surface area contributed by atoms with Crippen molar-refractivity contribution in [2.75, 3.05) is 25.4 Å². The van der Waals surface area contributed by atoms with Gasteiger partial charge in [-0.3, -0.25) is 14.5 Å². The van der Waals surface area contributed by atoms with E-state index in [0.29, 0.717) is 19.5 Å². The number of hydrogen-bond donors (Lipinski definition) is 3. The molecular weight excluding hydrogens is 270 g/mol. The van der Waals surface area contributed by atoms with E-state index in [1.165, 1.54) is 11.1 Å². The first kappa shape index (κ1) is 15.3. The molecule has 0 saturated heterocycles. The average Bonchev–Trinajstić information content (AvgIpc) is 2.43. The van der Waals surface area contributed by atoms with Crippen LogP contribution in [0.4, 0.5) is 5.69 Å². The number of benzene rings is 1. The molecule has 6 nitrogen and oxygen atoms in total. The van der Waals surface area contributed by atoms with Crippen LogP contribution < -0.4 is 11.1 Å². The molecule has 1 aromatic rings. The van der Waals surface area contributed by atoms with Gasteiger partial charge in [0.1, 0.15) is 0 Å². The van der Waals surface area contributed by atoms with Gasteiger partial charge in [0.25, 0.3) is 0 Å². The van der Waals surface area contributed by atoms with Gasteiger partial charge in [-0.25, -0.2) is 0 Å². The highest BCUT2D eigenvalue weighted by molar-refractivity contribution is 5.78. The SMILES string of the molecule is Nc1cccc2c1CCN(CC(=O)NCCCC(=O)O)C2. The third kappa shape index (κ3) is 4.46. The van der Waals surface area contributed by atoms with Crippen LogP contribution in [-0.4, -0.2) is 41.5 Å². The summed E-state index contributed by atoms with van der Waals surface area (Å²) in [6, 6.07) is 5.88. The molecule has 4 N–H and O–H groups in total. The maximum Gasteiger partial charge on any atom is 0.303 e. The quantitative estimate of drug-likeness (QED) is 0.527. The number of nitrogens with one attached hydrogen (secondary N) is 1. The van der Waals surface area contributed by atoms with Crippen molar-refractivity contribution in [2.45, 2.75) is 25.8 Å². The molecule has 0 bridgehead atoms. The number of rotatable bonds is 6. The number of amides is 1. The number of carboxylic acids is 1. The molecule has 0 atom stereocenters. The Balaban J connectivity index is 1.77. The first-order valence-electron chi connectivity index (χ1n) is 7.13. The molecule has 1 heterocycles. The maximum absolute atomic E-state index is 11.8. The van der Waals surface area contributed by atoms with E-state index in [-0.39, 0.29) is 12.3 Å². The van der Waals surface area contributed by atoms with Crippen LogP contribution in [0.2, 0.25) is 0 Å². The van der Waals surface area contributed by atoms with E-state index in [1.807, 2.05) is 18.2 Å². The van der Waals surface area contributed by atoms with Crippen molar-refractivity contribution in [2.24, 2.45) is 0 Å². The van der Waals surface area contributed by atoms with Gasteiger partial charge in [-0.15, -0.1) is 0 Å². The summed E-state index contributed by atoms with van der Waals surface area (Å²) in [5.41, 5.74) is 9.14. The zero-order chi connectivity index (χ0) is 15.2. The van der Waals surface area contributed by atoms with E-state index in [2.05, 4.69) is 10.2 Å². The topological polar surface area (TPSA) is 95.7 Å². The Morgan fingerprint density at radius 2 is 2.19 bits per heavy atom. The van der Waals surface area contributed by atoms with E-state index >= 15 is 0 Å². The van der Waals surface area contributed by atoms with Crippen LogP contribution in [0.3, 0.4) is 0 Å². The molecule has 21 heavy (non-hydrogen) atoms. The molecule has 0 spiro atoms. The van der Waals surface area contributed by atoms with E-state index in [9.17, 15) is 9.59 Å². The lowest BCUT2D eigenvalue weighted by molar-refractivity contribution is -0.137. The Bertz CT molecular complexity index is 531. The number of hydrogen-bond acceptors (Lipinski definition) is 4. The molecule has 1 amide bonds. The molecule has 0 unspecified atom stereocenters. The third-order valence-corrected chi connectivity index (χ3v) is 3.64. The van der Waals surface area contributed by atoms with Crippen molar-refractivity contribution in [3.63, 3.8) is 0 Å². The molecular formula is C15H21N3O3. The second-order valence-electron chi connectivity index (χ2n) is 5.29. The molecule has 2 rings (SSSR count). The number of anilines is 1. The number of aliphatic carboxylic acids is 1. The normalized spacial score (nSPS) is 14.5. The fourth-order valence-corrected chi connectivity index (χ4v) is 2.56. The van der Waals surface area contributed by atoms with Gasteiger partial charge in [0.05, 0.1) is 6.54 Å². The molecule has 1 aliphatic rings. The third-order valence-electron chi connectivity index (χ3n) is 3.64. The van der Waals surface area contributed by atoms with E-state index < -0.39 is 5.97 Å². The van der Waals surface area contributed by atoms with Gasteiger partial charge in [-0.1, -0.05) is 12.1 Å². The van der Waals surface area contributed by atoms with Crippen LogP contribution in [0, 0.1) is 0 Å². The number of fused-ring (bicyclic) bond motifs is 1. The number of carboxylic acid groups (broad SMARTS) is 1. The lowest BCUT2D eigenvalue weighted by Gasteiger charge is -2.28. The summed E-state index contributed by atoms with van der Waals surface area (Å²) < 4.78 is 0. The highest BCUT2D eigenvalue weighted by Crippen LogP contribution is 2.23. The van der Waals surface area contributed by atoms with Crippen LogP contribution in [0.5, 0.6) is 0 Å². The standard InChI is InChI=1S/C15H21N3O3/c16-13-4-1-3-11-9-18(8-6-12(11)13)10-14(19)17-7-2-5-15(20)21/h1,3-4H,2,5-10,16H2,(H,17,19)(H,20,21). The average molecular weight is 291 g/mol. The van der Waals surface area contributed by atoms with Crippen molar-refractivity contribution in [3.8, 4) is 0 Å². The summed E-state index contributed by atoms with van der Waals surface area (Å²) in [6.45, 7) is 2.27. The summed E-state index contributed by atoms with van der Waals surface area (Å²) in [5, 5.41) is 11.3. The Morgan fingerprint density at radius 1 is 1.38 bits per heavy atom. The predicted octanol–water partition coefficient (Wildman–Crippen LogP) is 0.608. The summed E-state index contributed by atoms with van der Waals surface area (Å²) in [4.78, 5) is 24.3. The maximum atomic E-state index is 11.8. The molecule has 0 aliphatic carbocycles. The minimum Gasteiger partial charge on any atom is -0.481 e. The fraction of sp³-hybridized carbons (Fsp3) is 0.467.